The van der Waals surface area contributed by atoms with Crippen molar-refractivity contribution in [3.05, 3.63) is 54.6 Å². The van der Waals surface area contributed by atoms with E-state index in [0.29, 0.717) is 0 Å². The van der Waals surface area contributed by atoms with E-state index in [2.05, 4.69) is 6.58 Å². The van der Waals surface area contributed by atoms with E-state index in [-0.39, 0.29) is 11.3 Å². The summed E-state index contributed by atoms with van der Waals surface area (Å²) in [6.45, 7) is 8.80. The summed E-state index contributed by atoms with van der Waals surface area (Å²) in [6.07, 6.45) is 3.14. The van der Waals surface area contributed by atoms with Crippen LogP contribution in [-0.4, -0.2) is 24.4 Å². The first kappa shape index (κ1) is 16.7. The number of hydrogen-bond acceptors (Lipinski definition) is 3. The fourth-order valence-corrected chi connectivity index (χ4v) is 3.80. The molecular formula is C16H22O3S. The molecule has 1 aromatic carbocycles. The lowest BCUT2D eigenvalue weighted by Crippen LogP contribution is -2.31. The van der Waals surface area contributed by atoms with Gasteiger partial charge in [0.25, 0.3) is 0 Å². The highest BCUT2D eigenvalue weighted by Crippen LogP contribution is 2.25. The number of sulfone groups is 1. The van der Waals surface area contributed by atoms with Crippen LogP contribution < -0.4 is 0 Å². The van der Waals surface area contributed by atoms with Gasteiger partial charge in [-0.15, -0.1) is 6.58 Å². The maximum absolute atomic E-state index is 12.7. The Balaban J connectivity index is 3.25. The van der Waals surface area contributed by atoms with Gasteiger partial charge in [-0.1, -0.05) is 35.9 Å². The van der Waals surface area contributed by atoms with E-state index in [1.165, 1.54) is 6.08 Å². The minimum Gasteiger partial charge on any atom is -0.386 e. The van der Waals surface area contributed by atoms with Gasteiger partial charge in [0, 0.05) is 6.42 Å². The minimum absolute atomic E-state index is 0.0822. The van der Waals surface area contributed by atoms with Gasteiger partial charge in [0.05, 0.1) is 15.7 Å². The third-order valence-corrected chi connectivity index (χ3v) is 5.07. The summed E-state index contributed by atoms with van der Waals surface area (Å²) >= 11 is 0. The van der Waals surface area contributed by atoms with Crippen molar-refractivity contribution in [1.82, 2.24) is 0 Å². The van der Waals surface area contributed by atoms with E-state index in [4.69, 9.17) is 0 Å². The Morgan fingerprint density at radius 1 is 1.35 bits per heavy atom. The Bertz CT molecular complexity index is 579. The molecule has 1 rings (SSSR count). The van der Waals surface area contributed by atoms with Crippen molar-refractivity contribution < 1.29 is 13.5 Å². The van der Waals surface area contributed by atoms with Crippen LogP contribution in [0.15, 0.2) is 59.5 Å². The fraction of sp³-hybridized carbons (Fsp3) is 0.375. The molecule has 0 heterocycles. The molecule has 1 N–H and O–H groups in total. The van der Waals surface area contributed by atoms with Gasteiger partial charge in [-0.3, -0.25) is 0 Å². The Labute approximate surface area is 121 Å². The molecule has 4 heteroatoms. The van der Waals surface area contributed by atoms with Crippen molar-refractivity contribution in [3.8, 4) is 0 Å². The van der Waals surface area contributed by atoms with E-state index < -0.39 is 20.7 Å². The largest absolute Gasteiger partial charge is 0.386 e. The molecule has 0 radical (unpaired) electrons. The second kappa shape index (κ2) is 6.37. The minimum atomic E-state index is -3.52. The lowest BCUT2D eigenvalue weighted by atomic mass is 9.99. The smallest absolute Gasteiger partial charge is 0.184 e. The zero-order valence-electron chi connectivity index (χ0n) is 12.2. The van der Waals surface area contributed by atoms with Crippen molar-refractivity contribution in [2.24, 2.45) is 0 Å². The van der Waals surface area contributed by atoms with Crippen LogP contribution in [0, 0.1) is 0 Å². The van der Waals surface area contributed by atoms with Gasteiger partial charge in [-0.2, -0.15) is 0 Å². The standard InChI is InChI=1S/C16H22O3S/c1-5-16(4,17)12-15(11-13(2)3)20(18,19)14-9-7-6-8-10-14/h5-11,15,17H,1,12H2,2-4H3. The van der Waals surface area contributed by atoms with E-state index in [9.17, 15) is 13.5 Å². The monoisotopic (exact) mass is 294 g/mol. The SMILES string of the molecule is C=CC(C)(O)CC(C=C(C)C)S(=O)(=O)c1ccccc1. The summed E-state index contributed by atoms with van der Waals surface area (Å²) in [5.74, 6) is 0. The molecular weight excluding hydrogens is 272 g/mol. The van der Waals surface area contributed by atoms with E-state index in [1.807, 2.05) is 13.8 Å². The van der Waals surface area contributed by atoms with Crippen LogP contribution in [-0.2, 0) is 9.84 Å². The van der Waals surface area contributed by atoms with Crippen molar-refractivity contribution in [2.45, 2.75) is 42.9 Å². The molecule has 0 saturated carbocycles. The fourth-order valence-electron chi connectivity index (χ4n) is 1.91. The van der Waals surface area contributed by atoms with Crippen LogP contribution in [0.4, 0.5) is 0 Å². The van der Waals surface area contributed by atoms with Gasteiger partial charge < -0.3 is 5.11 Å². The number of hydrogen-bond donors (Lipinski definition) is 1. The average Bonchev–Trinajstić information content (AvgIpc) is 2.38. The molecule has 0 amide bonds. The third-order valence-electron chi connectivity index (χ3n) is 3.04. The van der Waals surface area contributed by atoms with Crippen LogP contribution in [0.3, 0.4) is 0 Å². The zero-order valence-corrected chi connectivity index (χ0v) is 13.0. The van der Waals surface area contributed by atoms with Gasteiger partial charge in [-0.05, 0) is 32.9 Å². The van der Waals surface area contributed by atoms with Gasteiger partial charge >= 0.3 is 0 Å². The van der Waals surface area contributed by atoms with Gasteiger partial charge in [0.1, 0.15) is 0 Å². The summed E-state index contributed by atoms with van der Waals surface area (Å²) in [5, 5.41) is 9.33. The molecule has 1 aromatic rings. The molecule has 2 atom stereocenters. The van der Waals surface area contributed by atoms with E-state index in [0.717, 1.165) is 5.57 Å². The predicted octanol–water partition coefficient (Wildman–Crippen LogP) is 3.12. The quantitative estimate of drug-likeness (QED) is 0.820. The maximum Gasteiger partial charge on any atom is 0.184 e. The average molecular weight is 294 g/mol. The van der Waals surface area contributed by atoms with E-state index in [1.54, 1.807) is 43.3 Å². The second-order valence-electron chi connectivity index (χ2n) is 5.41. The molecule has 0 aliphatic rings. The summed E-state index contributed by atoms with van der Waals surface area (Å²) < 4.78 is 25.3. The highest BCUT2D eigenvalue weighted by atomic mass is 32.2. The number of allylic oxidation sites excluding steroid dienone is 1. The Kier molecular flexibility index (Phi) is 5.31. The first-order valence-corrected chi connectivity index (χ1v) is 8.03. The molecule has 0 spiro atoms. The molecule has 0 aromatic heterocycles. The van der Waals surface area contributed by atoms with Crippen LogP contribution in [0.1, 0.15) is 27.2 Å². The molecule has 0 aliphatic heterocycles. The van der Waals surface area contributed by atoms with Gasteiger partial charge in [0.15, 0.2) is 9.84 Å². The lowest BCUT2D eigenvalue weighted by Gasteiger charge is -2.24. The zero-order chi connectivity index (χ0) is 15.4. The van der Waals surface area contributed by atoms with E-state index >= 15 is 0 Å². The van der Waals surface area contributed by atoms with Crippen LogP contribution >= 0.6 is 0 Å². The number of rotatable bonds is 6. The maximum atomic E-state index is 12.7. The highest BCUT2D eigenvalue weighted by molar-refractivity contribution is 7.92. The highest BCUT2D eigenvalue weighted by Gasteiger charge is 2.31. The lowest BCUT2D eigenvalue weighted by molar-refractivity contribution is 0.104. The molecule has 110 valence electrons. The third kappa shape index (κ3) is 4.32. The summed E-state index contributed by atoms with van der Waals surface area (Å²) in [4.78, 5) is 0.266. The normalized spacial score (nSPS) is 16.0. The molecule has 0 bridgehead atoms. The molecule has 3 nitrogen and oxygen atoms in total. The number of benzene rings is 1. The summed E-state index contributed by atoms with van der Waals surface area (Å²) in [5.41, 5.74) is -0.326. The first-order chi connectivity index (χ1) is 9.19. The topological polar surface area (TPSA) is 54.4 Å². The summed E-state index contributed by atoms with van der Waals surface area (Å²) in [6, 6.07) is 8.30. The first-order valence-electron chi connectivity index (χ1n) is 6.49. The molecule has 0 aliphatic carbocycles. The second-order valence-corrected chi connectivity index (χ2v) is 7.57. The van der Waals surface area contributed by atoms with Crippen LogP contribution in [0.5, 0.6) is 0 Å². The van der Waals surface area contributed by atoms with Crippen LogP contribution in [0.25, 0.3) is 0 Å². The molecule has 2 unspecified atom stereocenters. The van der Waals surface area contributed by atoms with Crippen molar-refractivity contribution in [2.75, 3.05) is 0 Å². The van der Waals surface area contributed by atoms with Crippen LogP contribution in [0.2, 0.25) is 0 Å². The van der Waals surface area contributed by atoms with Gasteiger partial charge in [0.2, 0.25) is 0 Å². The van der Waals surface area contributed by atoms with Crippen molar-refractivity contribution >= 4 is 9.84 Å². The molecule has 20 heavy (non-hydrogen) atoms. The molecule has 0 saturated heterocycles. The predicted molar refractivity (Wildman–Crippen MR) is 82.3 cm³/mol. The summed E-state index contributed by atoms with van der Waals surface area (Å²) in [7, 11) is -3.52. The molecule has 0 fully saturated rings. The Morgan fingerprint density at radius 3 is 2.35 bits per heavy atom. The Morgan fingerprint density at radius 2 is 1.90 bits per heavy atom. The van der Waals surface area contributed by atoms with Crippen molar-refractivity contribution in [3.63, 3.8) is 0 Å². The number of aliphatic hydroxyl groups is 1. The van der Waals surface area contributed by atoms with Crippen molar-refractivity contribution in [1.29, 1.82) is 0 Å². The van der Waals surface area contributed by atoms with Gasteiger partial charge in [-0.25, -0.2) is 8.42 Å². The Hall–Kier alpha value is -1.39.